The summed E-state index contributed by atoms with van der Waals surface area (Å²) < 4.78 is 27.2. The lowest BCUT2D eigenvalue weighted by Crippen LogP contribution is -2.20. The van der Waals surface area contributed by atoms with Crippen LogP contribution < -0.4 is 24.6 Å². The number of nitrogen functional groups attached to an aromatic ring is 1. The number of methoxy groups -OCH3 is 1. The number of hydrogen-bond donors (Lipinski definition) is 3. The van der Waals surface area contributed by atoms with E-state index in [-0.39, 0.29) is 36.4 Å². The first-order valence-corrected chi connectivity index (χ1v) is 11.6. The first-order chi connectivity index (χ1) is 16.8. The van der Waals surface area contributed by atoms with E-state index in [1.165, 1.54) is 26.4 Å². The highest BCUT2D eigenvalue weighted by atomic mass is 31.1. The minimum atomic E-state index is -2.63. The Hall–Kier alpha value is -3.58. The Labute approximate surface area is 199 Å². The number of fused-ring (bicyclic) bond motifs is 1. The molecule has 186 valence electrons. The summed E-state index contributed by atoms with van der Waals surface area (Å²) in [4.78, 5) is 35.4. The Morgan fingerprint density at radius 2 is 2.14 bits per heavy atom. The number of nitrogens with zero attached hydrogens (tertiary/aromatic N) is 5. The van der Waals surface area contributed by atoms with Crippen LogP contribution in [-0.2, 0) is 9.53 Å². The van der Waals surface area contributed by atoms with Crippen molar-refractivity contribution in [3.05, 3.63) is 30.6 Å². The Balaban J connectivity index is 1.45. The number of carboxylic acids is 1. The largest absolute Gasteiger partial charge is 0.575 e. The number of imidazole rings is 1. The number of hydrogen-bond acceptors (Lipinski definition) is 12. The maximum absolute atomic E-state index is 12.1. The summed E-state index contributed by atoms with van der Waals surface area (Å²) >= 11 is 0. The van der Waals surface area contributed by atoms with Crippen molar-refractivity contribution in [1.82, 2.24) is 19.5 Å². The van der Waals surface area contributed by atoms with Crippen molar-refractivity contribution < 1.29 is 38.6 Å². The van der Waals surface area contributed by atoms with Crippen molar-refractivity contribution >= 4 is 31.1 Å². The van der Waals surface area contributed by atoms with E-state index >= 15 is 0 Å². The minimum Gasteiger partial charge on any atom is -0.575 e. The lowest BCUT2D eigenvalue weighted by Gasteiger charge is -2.17. The number of carbonyl (C=O) groups is 1. The fraction of sp³-hybridized carbons (Fsp3) is 0.400. The molecule has 0 aliphatic carbocycles. The maximum Gasteiger partial charge on any atom is 0.395 e. The number of benzene rings is 1. The number of carboxylic acid groups (broad SMARTS) is 1. The minimum absolute atomic E-state index is 0.0421. The Morgan fingerprint density at radius 3 is 2.86 bits per heavy atom. The molecule has 14 nitrogen and oxygen atoms in total. The van der Waals surface area contributed by atoms with E-state index in [4.69, 9.17) is 29.6 Å². The molecule has 1 aromatic carbocycles. The molecule has 1 aliphatic heterocycles. The summed E-state index contributed by atoms with van der Waals surface area (Å²) in [5.74, 6) is -0.692. The van der Waals surface area contributed by atoms with Gasteiger partial charge in [0.2, 0.25) is 5.75 Å². The Kier molecular flexibility index (Phi) is 7.26. The fourth-order valence-electron chi connectivity index (χ4n) is 3.41. The van der Waals surface area contributed by atoms with Crippen molar-refractivity contribution in [1.29, 1.82) is 0 Å². The quantitative estimate of drug-likeness (QED) is 0.346. The van der Waals surface area contributed by atoms with Crippen LogP contribution in [0.25, 0.3) is 11.2 Å². The van der Waals surface area contributed by atoms with E-state index in [0.29, 0.717) is 11.2 Å². The number of aliphatic hydroxyl groups is 1. The summed E-state index contributed by atoms with van der Waals surface area (Å²) in [5.41, 5.74) is 6.61. The van der Waals surface area contributed by atoms with E-state index in [2.05, 4.69) is 19.7 Å². The smallest absolute Gasteiger partial charge is 0.395 e. The molecule has 4 N–H and O–H groups in total. The standard InChI is InChI=1S/C20H23N6O8P/c1-10(19(28)29)25-35(30)34-14-6-4-3-5-13(14)32-8-11-7-12(27)18(33-11)26-9-22-15-16(21)23-20(31-2)24-17(15)26/h3-6,9-12,18,27H,7-8H2,1-2H3,(H,28,29)(H2,21,23,24)/t10?,11-,12+,18+/m0/s1. The van der Waals surface area contributed by atoms with Gasteiger partial charge < -0.3 is 35.1 Å². The Morgan fingerprint density at radius 1 is 1.40 bits per heavy atom. The van der Waals surface area contributed by atoms with E-state index in [1.807, 2.05) is 0 Å². The van der Waals surface area contributed by atoms with E-state index < -0.39 is 38.6 Å². The second-order valence-corrected chi connectivity index (χ2v) is 8.48. The molecule has 35 heavy (non-hydrogen) atoms. The molecule has 2 aromatic heterocycles. The van der Waals surface area contributed by atoms with Gasteiger partial charge in [-0.25, -0.2) is 9.78 Å². The van der Waals surface area contributed by atoms with Gasteiger partial charge >= 0.3 is 20.1 Å². The van der Waals surface area contributed by atoms with E-state index in [0.717, 1.165) is 0 Å². The molecule has 0 amide bonds. The zero-order valence-electron chi connectivity index (χ0n) is 18.7. The highest BCUT2D eigenvalue weighted by molar-refractivity contribution is 7.34. The average molecular weight is 506 g/mol. The monoisotopic (exact) mass is 506 g/mol. The summed E-state index contributed by atoms with van der Waals surface area (Å²) in [6.45, 7) is 1.33. The highest BCUT2D eigenvalue weighted by Gasteiger charge is 2.37. The molecule has 0 spiro atoms. The van der Waals surface area contributed by atoms with Crippen molar-refractivity contribution in [2.24, 2.45) is 4.74 Å². The molecule has 15 heteroatoms. The van der Waals surface area contributed by atoms with Crippen molar-refractivity contribution in [3.8, 4) is 17.5 Å². The SMILES string of the molecule is COc1nc(N)c2ncn([C@@H]3O[C@H](COc4ccccc4O/[P+]([O-])=N/C(C)C(=O)O)C[C@H]3O)c2n1. The number of para-hydroxylation sites is 2. The average Bonchev–Trinajstić information content (AvgIpc) is 3.41. The maximum atomic E-state index is 12.1. The summed E-state index contributed by atoms with van der Waals surface area (Å²) in [6.07, 6.45) is -0.490. The van der Waals surface area contributed by atoms with Gasteiger partial charge in [0, 0.05) is 6.42 Å². The van der Waals surface area contributed by atoms with Gasteiger partial charge in [-0.05, 0) is 19.1 Å². The van der Waals surface area contributed by atoms with Gasteiger partial charge in [0.25, 0.3) is 0 Å². The molecule has 1 fully saturated rings. The molecule has 0 bridgehead atoms. The van der Waals surface area contributed by atoms with Gasteiger partial charge in [-0.2, -0.15) is 9.97 Å². The predicted molar refractivity (Wildman–Crippen MR) is 120 cm³/mol. The van der Waals surface area contributed by atoms with Crippen LogP contribution in [0.5, 0.6) is 17.5 Å². The second kappa shape index (κ2) is 10.4. The zero-order valence-corrected chi connectivity index (χ0v) is 19.6. The lowest BCUT2D eigenvalue weighted by atomic mass is 10.2. The number of rotatable bonds is 9. The molecular weight excluding hydrogens is 483 g/mol. The van der Waals surface area contributed by atoms with Crippen molar-refractivity contribution in [3.63, 3.8) is 0 Å². The number of anilines is 1. The van der Waals surface area contributed by atoms with Crippen LogP contribution in [-0.4, -0.2) is 67.7 Å². The molecule has 5 atom stereocenters. The van der Waals surface area contributed by atoms with Gasteiger partial charge in [0.1, 0.15) is 12.7 Å². The fourth-order valence-corrected chi connectivity index (χ4v) is 4.16. The summed E-state index contributed by atoms with van der Waals surface area (Å²) in [7, 11) is -1.22. The first kappa shape index (κ1) is 24.5. The second-order valence-electron chi connectivity index (χ2n) is 7.59. The molecule has 4 rings (SSSR count). The van der Waals surface area contributed by atoms with Crippen LogP contribution in [0.4, 0.5) is 5.82 Å². The van der Waals surface area contributed by atoms with Gasteiger partial charge in [0.05, 0.1) is 19.5 Å². The van der Waals surface area contributed by atoms with Crippen molar-refractivity contribution in [2.45, 2.75) is 37.8 Å². The molecule has 0 saturated carbocycles. The third kappa shape index (κ3) is 5.41. The molecular formula is C20H23N6O8P. The number of ether oxygens (including phenoxy) is 3. The van der Waals surface area contributed by atoms with Crippen LogP contribution in [0.15, 0.2) is 35.3 Å². The van der Waals surface area contributed by atoms with Gasteiger partial charge in [-0.1, -0.05) is 16.9 Å². The van der Waals surface area contributed by atoms with Crippen molar-refractivity contribution in [2.75, 3.05) is 19.5 Å². The van der Waals surface area contributed by atoms with Crippen LogP contribution in [0.3, 0.4) is 0 Å². The van der Waals surface area contributed by atoms with Crippen LogP contribution >= 0.6 is 8.17 Å². The van der Waals surface area contributed by atoms with E-state index in [1.54, 1.807) is 22.8 Å². The number of aromatic nitrogens is 4. The number of aliphatic carboxylic acids is 1. The predicted octanol–water partition coefficient (Wildman–Crippen LogP) is 0.852. The highest BCUT2D eigenvalue weighted by Crippen LogP contribution is 2.35. The molecule has 1 saturated heterocycles. The van der Waals surface area contributed by atoms with Gasteiger partial charge in [-0.3, -0.25) is 9.09 Å². The molecule has 1 aliphatic rings. The third-order valence-electron chi connectivity index (χ3n) is 5.13. The first-order valence-electron chi connectivity index (χ1n) is 10.4. The van der Waals surface area contributed by atoms with Crippen LogP contribution in [0.2, 0.25) is 0 Å². The Bertz CT molecular complexity index is 1250. The number of nitrogens with two attached hydrogens (primary N) is 1. The van der Waals surface area contributed by atoms with Crippen LogP contribution in [0, 0.1) is 0 Å². The molecule has 2 unspecified atom stereocenters. The normalized spacial score (nSPS) is 21.1. The van der Waals surface area contributed by atoms with Gasteiger partial charge in [-0.15, -0.1) is 0 Å². The van der Waals surface area contributed by atoms with E-state index in [9.17, 15) is 14.8 Å². The molecule has 3 aromatic rings. The number of aliphatic hydroxyl groups excluding tert-OH is 1. The third-order valence-corrected chi connectivity index (χ3v) is 6.01. The topological polar surface area (TPSA) is 199 Å². The summed E-state index contributed by atoms with van der Waals surface area (Å²) in [5, 5.41) is 19.5. The molecule has 0 radical (unpaired) electrons. The molecule has 3 heterocycles. The zero-order chi connectivity index (χ0) is 25.1. The van der Waals surface area contributed by atoms with Gasteiger partial charge in [0.15, 0.2) is 35.0 Å². The summed E-state index contributed by atoms with van der Waals surface area (Å²) in [6, 6.07) is 5.32. The van der Waals surface area contributed by atoms with Crippen LogP contribution in [0.1, 0.15) is 19.6 Å². The lowest BCUT2D eigenvalue weighted by molar-refractivity contribution is -0.169.